The van der Waals surface area contributed by atoms with Gasteiger partial charge in [0.25, 0.3) is 0 Å². The Morgan fingerprint density at radius 3 is 2.50 bits per heavy atom. The van der Waals surface area contributed by atoms with Crippen LogP contribution in [-0.4, -0.2) is 109 Å². The van der Waals surface area contributed by atoms with E-state index in [-0.39, 0.29) is 5.25 Å². The van der Waals surface area contributed by atoms with Gasteiger partial charge < -0.3 is 39.2 Å². The zero-order valence-electron chi connectivity index (χ0n) is 30.3. The van der Waals surface area contributed by atoms with Gasteiger partial charge in [0, 0.05) is 68.8 Å². The molecule has 12 nitrogen and oxygen atoms in total. The van der Waals surface area contributed by atoms with Gasteiger partial charge in [-0.1, -0.05) is 19.6 Å². The molecule has 3 aliphatic rings. The van der Waals surface area contributed by atoms with Gasteiger partial charge >= 0.3 is 0 Å². The summed E-state index contributed by atoms with van der Waals surface area (Å²) in [6.07, 6.45) is 6.65. The topological polar surface area (TPSA) is 114 Å². The molecule has 0 saturated carbocycles. The fraction of sp³-hybridized carbons (Fsp3) is 0.514. The molecule has 3 aliphatic heterocycles. The van der Waals surface area contributed by atoms with Gasteiger partial charge in [-0.2, -0.15) is 9.29 Å². The molecule has 0 amide bonds. The maximum absolute atomic E-state index is 13.3. The van der Waals surface area contributed by atoms with Crippen LogP contribution in [0.2, 0.25) is 0 Å². The van der Waals surface area contributed by atoms with Crippen LogP contribution >= 0.6 is 0 Å². The Bertz CT molecular complexity index is 1640. The third-order valence-corrected chi connectivity index (χ3v) is 11.4. The van der Waals surface area contributed by atoms with Crippen LogP contribution in [-0.2, 0) is 17.8 Å². The fourth-order valence-electron chi connectivity index (χ4n) is 6.99. The summed E-state index contributed by atoms with van der Waals surface area (Å²) in [4.78, 5) is 17.1. The lowest BCUT2D eigenvalue weighted by atomic mass is 9.99. The van der Waals surface area contributed by atoms with Crippen molar-refractivity contribution in [2.24, 2.45) is 0 Å². The molecule has 50 heavy (non-hydrogen) atoms. The van der Waals surface area contributed by atoms with Crippen molar-refractivity contribution in [3.05, 3.63) is 48.2 Å². The van der Waals surface area contributed by atoms with Crippen molar-refractivity contribution in [1.82, 2.24) is 19.8 Å². The van der Waals surface area contributed by atoms with Gasteiger partial charge in [-0.15, -0.1) is 0 Å². The number of benzene rings is 2. The first-order valence-electron chi connectivity index (χ1n) is 17.7. The average molecular weight is 705 g/mol. The van der Waals surface area contributed by atoms with E-state index in [0.29, 0.717) is 59.5 Å². The molecule has 6 rings (SSSR count). The number of fused-ring (bicyclic) bond motifs is 1. The number of piperidine rings is 1. The highest BCUT2D eigenvalue weighted by molar-refractivity contribution is 7.93. The highest BCUT2D eigenvalue weighted by Crippen LogP contribution is 2.47. The second-order valence-corrected chi connectivity index (χ2v) is 15.4. The molecule has 0 radical (unpaired) electrons. The van der Waals surface area contributed by atoms with E-state index in [2.05, 4.69) is 63.0 Å². The first-order chi connectivity index (χ1) is 24.2. The lowest BCUT2D eigenvalue weighted by Gasteiger charge is -2.43. The number of anilines is 6. The normalized spacial score (nSPS) is 17.8. The van der Waals surface area contributed by atoms with E-state index >= 15 is 0 Å². The molecule has 2 fully saturated rings. The highest BCUT2D eigenvalue weighted by Gasteiger charge is 2.31. The first-order valence-corrected chi connectivity index (χ1v) is 18.9. The third-order valence-electron chi connectivity index (χ3n) is 9.85. The Balaban J connectivity index is 1.24. The Kier molecular flexibility index (Phi) is 11.5. The van der Waals surface area contributed by atoms with Gasteiger partial charge in [0.1, 0.15) is 30.0 Å². The van der Waals surface area contributed by atoms with E-state index in [0.717, 1.165) is 57.1 Å². The zero-order valence-corrected chi connectivity index (χ0v) is 31.1. The number of hydrogen-bond donors (Lipinski definition) is 2. The van der Waals surface area contributed by atoms with Crippen molar-refractivity contribution in [1.29, 1.82) is 0 Å². The predicted molar refractivity (Wildman–Crippen MR) is 204 cm³/mol. The molecule has 2 saturated heterocycles. The fourth-order valence-corrected chi connectivity index (χ4v) is 7.98. The van der Waals surface area contributed by atoms with E-state index in [1.54, 1.807) is 30.7 Å². The molecule has 1 atom stereocenters. The molecular formula is C37H52N8O4S. The summed E-state index contributed by atoms with van der Waals surface area (Å²) in [6.45, 7) is 17.6. The minimum absolute atomic E-state index is 0.102. The van der Waals surface area contributed by atoms with Crippen LogP contribution in [0.4, 0.5) is 34.5 Å². The van der Waals surface area contributed by atoms with Crippen LogP contribution in [0.25, 0.3) is 6.08 Å². The monoisotopic (exact) mass is 704 g/mol. The van der Waals surface area contributed by atoms with E-state index in [4.69, 9.17) is 19.2 Å². The smallest absolute Gasteiger partial charge is 0.229 e. The summed E-state index contributed by atoms with van der Waals surface area (Å²) in [5.74, 6) is 2.83. The third kappa shape index (κ3) is 7.70. The first kappa shape index (κ1) is 35.9. The summed E-state index contributed by atoms with van der Waals surface area (Å²) in [7, 11) is 5.71. The summed E-state index contributed by atoms with van der Waals surface area (Å²) in [5, 5.41) is 6.78. The number of aryl methyl sites for hydroxylation is 1. The Labute approximate surface area is 300 Å². The molecule has 0 aliphatic carbocycles. The van der Waals surface area contributed by atoms with Crippen molar-refractivity contribution in [3.8, 4) is 17.2 Å². The molecule has 1 aromatic heterocycles. The number of nitrogens with zero attached hydrogens (tertiary/aromatic N) is 6. The standard InChI is InChI=1S/C37H52N8O4S/c1-8-26-22-30(33(47-7)23-31(26)45-14-12-28(13-15-45)44-18-16-42(5)17-19-44)40-37-38-24-27(9-2)36(41-37)39-29-10-11-32-35(49-21-20-48-32)34(29)43(6)50(46)25(3)4/h9-11,22-25,28H,2,8,12-21H2,1,3-7H3,(H2,38,39,40,41). The van der Waals surface area contributed by atoms with E-state index in [1.165, 1.54) is 24.1 Å². The van der Waals surface area contributed by atoms with E-state index in [9.17, 15) is 4.55 Å². The van der Waals surface area contributed by atoms with Gasteiger partial charge in [0.05, 0.1) is 36.9 Å². The number of rotatable bonds is 12. The lowest BCUT2D eigenvalue weighted by Crippen LogP contribution is -2.52. The summed E-state index contributed by atoms with van der Waals surface area (Å²) in [6, 6.07) is 8.72. The summed E-state index contributed by atoms with van der Waals surface area (Å²) >= 11 is -1.32. The van der Waals surface area contributed by atoms with Crippen LogP contribution in [0, 0.1) is 0 Å². The van der Waals surface area contributed by atoms with E-state index < -0.39 is 11.4 Å². The predicted octanol–water partition coefficient (Wildman–Crippen LogP) is 5.67. The number of likely N-dealkylation sites (N-methyl/N-ethyl adjacent to an activating group) is 1. The van der Waals surface area contributed by atoms with Gasteiger partial charge in [-0.05, 0) is 63.9 Å². The molecule has 3 aromatic rings. The van der Waals surface area contributed by atoms with Crippen molar-refractivity contribution < 1.29 is 18.8 Å². The molecule has 2 aromatic carbocycles. The second kappa shape index (κ2) is 16.0. The van der Waals surface area contributed by atoms with Gasteiger partial charge in [0.2, 0.25) is 5.95 Å². The SMILES string of the molecule is C=Cc1cnc(Nc2cc(CC)c(N3CCC(N4CCN(C)CC4)CC3)cc2OC)nc1Nc1ccc2c(c1N(C)[S+]([O-])C(C)C)OCCO2. The molecule has 0 spiro atoms. The Morgan fingerprint density at radius 2 is 1.82 bits per heavy atom. The maximum Gasteiger partial charge on any atom is 0.229 e. The molecule has 4 heterocycles. The van der Waals surface area contributed by atoms with Crippen LogP contribution in [0.3, 0.4) is 0 Å². The highest BCUT2D eigenvalue weighted by atomic mass is 32.2. The lowest BCUT2D eigenvalue weighted by molar-refractivity contribution is 0.0982. The molecular weight excluding hydrogens is 653 g/mol. The van der Waals surface area contributed by atoms with Crippen molar-refractivity contribution in [2.75, 3.05) is 93.5 Å². The second-order valence-electron chi connectivity index (χ2n) is 13.4. The van der Waals surface area contributed by atoms with E-state index in [1.807, 2.05) is 26.0 Å². The van der Waals surface area contributed by atoms with Crippen molar-refractivity contribution in [2.45, 2.75) is 51.3 Å². The number of ether oxygens (including phenoxy) is 3. The summed E-state index contributed by atoms with van der Waals surface area (Å²) < 4.78 is 32.9. The minimum Gasteiger partial charge on any atom is -0.593 e. The summed E-state index contributed by atoms with van der Waals surface area (Å²) in [5.41, 5.74) is 5.28. The molecule has 2 N–H and O–H groups in total. The number of nitrogens with one attached hydrogen (secondary N) is 2. The van der Waals surface area contributed by atoms with Gasteiger partial charge in [-0.3, -0.25) is 4.90 Å². The molecule has 1 unspecified atom stereocenters. The molecule has 13 heteroatoms. The Hall–Kier alpha value is -3.91. The average Bonchev–Trinajstić information content (AvgIpc) is 3.14. The zero-order chi connectivity index (χ0) is 35.4. The van der Waals surface area contributed by atoms with Gasteiger partial charge in [0.15, 0.2) is 17.2 Å². The maximum atomic E-state index is 13.3. The number of hydrogen-bond acceptors (Lipinski definition) is 12. The molecule has 0 bridgehead atoms. The van der Waals surface area contributed by atoms with Crippen molar-refractivity contribution >= 4 is 52.0 Å². The van der Waals surface area contributed by atoms with Crippen LogP contribution < -0.4 is 34.0 Å². The number of aromatic nitrogens is 2. The van der Waals surface area contributed by atoms with Crippen LogP contribution in [0.15, 0.2) is 37.0 Å². The largest absolute Gasteiger partial charge is 0.593 e. The Morgan fingerprint density at radius 1 is 1.08 bits per heavy atom. The quantitative estimate of drug-likeness (QED) is 0.227. The molecule has 270 valence electrons. The minimum atomic E-state index is -1.32. The van der Waals surface area contributed by atoms with Crippen LogP contribution in [0.1, 0.15) is 44.7 Å². The van der Waals surface area contributed by atoms with Crippen molar-refractivity contribution in [3.63, 3.8) is 0 Å². The number of methoxy groups -OCH3 is 1. The van der Waals surface area contributed by atoms with Gasteiger partial charge in [-0.25, -0.2) is 4.98 Å². The number of piperazine rings is 1. The van der Waals surface area contributed by atoms with Crippen LogP contribution in [0.5, 0.6) is 17.2 Å².